The summed E-state index contributed by atoms with van der Waals surface area (Å²) in [5, 5.41) is 6.06. The van der Waals surface area contributed by atoms with E-state index in [-0.39, 0.29) is 18.1 Å². The number of nitrogens with one attached hydrogen (secondary N) is 2. The minimum absolute atomic E-state index is 0.0293. The van der Waals surface area contributed by atoms with E-state index in [1.54, 1.807) is 0 Å². The minimum atomic E-state index is -0.158. The molecule has 0 saturated carbocycles. The van der Waals surface area contributed by atoms with Crippen LogP contribution in [-0.2, 0) is 9.53 Å². The first-order valence-corrected chi connectivity index (χ1v) is 7.25. The quantitative estimate of drug-likeness (QED) is 0.796. The average molecular weight is 276 g/mol. The Balaban J connectivity index is 1.61. The number of hydrogen-bond donors (Lipinski definition) is 2. The summed E-state index contributed by atoms with van der Waals surface area (Å²) in [7, 11) is 0. The summed E-state index contributed by atoms with van der Waals surface area (Å²) < 4.78 is 5.59. The summed E-state index contributed by atoms with van der Waals surface area (Å²) in [6, 6.07) is 10.4. The first kappa shape index (κ1) is 15.0. The van der Waals surface area contributed by atoms with Gasteiger partial charge < -0.3 is 15.4 Å². The van der Waals surface area contributed by atoms with Gasteiger partial charge in [0.1, 0.15) is 6.61 Å². The van der Waals surface area contributed by atoms with Crippen molar-refractivity contribution in [3.05, 3.63) is 35.9 Å². The van der Waals surface area contributed by atoms with E-state index in [0.29, 0.717) is 12.5 Å². The summed E-state index contributed by atoms with van der Waals surface area (Å²) in [5.74, 6) is 0.421. The van der Waals surface area contributed by atoms with Gasteiger partial charge in [0.15, 0.2) is 0 Å². The molecule has 0 bridgehead atoms. The first-order chi connectivity index (χ1) is 9.59. The van der Waals surface area contributed by atoms with Gasteiger partial charge in [-0.05, 0) is 24.8 Å². The smallest absolute Gasteiger partial charge is 0.246 e. The second kappa shape index (κ2) is 6.86. The zero-order valence-corrected chi connectivity index (χ0v) is 12.3. The fourth-order valence-corrected chi connectivity index (χ4v) is 2.25. The lowest BCUT2D eigenvalue weighted by atomic mass is 9.98. The van der Waals surface area contributed by atoms with Crippen molar-refractivity contribution in [2.75, 3.05) is 26.2 Å². The molecule has 4 heteroatoms. The molecule has 1 atom stereocenters. The van der Waals surface area contributed by atoms with E-state index < -0.39 is 0 Å². The molecule has 1 unspecified atom stereocenters. The molecule has 0 spiro atoms. The van der Waals surface area contributed by atoms with Crippen LogP contribution in [0.25, 0.3) is 0 Å². The largest absolute Gasteiger partial charge is 0.363 e. The van der Waals surface area contributed by atoms with E-state index in [2.05, 4.69) is 29.7 Å². The number of carbonyl (C=O) groups excluding carboxylic acids is 1. The topological polar surface area (TPSA) is 50.4 Å². The highest BCUT2D eigenvalue weighted by atomic mass is 16.5. The van der Waals surface area contributed by atoms with E-state index in [4.69, 9.17) is 4.74 Å². The third-order valence-corrected chi connectivity index (χ3v) is 3.82. The molecule has 1 amide bonds. The Bertz CT molecular complexity index is 429. The number of benzene rings is 1. The molecule has 2 rings (SSSR count). The van der Waals surface area contributed by atoms with Gasteiger partial charge in [0.2, 0.25) is 5.91 Å². The Hall–Kier alpha value is -1.39. The van der Waals surface area contributed by atoms with Crippen LogP contribution in [0.5, 0.6) is 0 Å². The SMILES string of the molecule is CC(CCNC(=O)COC1(C)CNC1)c1ccccc1. The highest BCUT2D eigenvalue weighted by Crippen LogP contribution is 2.17. The fraction of sp³-hybridized carbons (Fsp3) is 0.562. The van der Waals surface area contributed by atoms with E-state index in [1.165, 1.54) is 5.56 Å². The monoisotopic (exact) mass is 276 g/mol. The Morgan fingerprint density at radius 2 is 2.10 bits per heavy atom. The van der Waals surface area contributed by atoms with Gasteiger partial charge in [0, 0.05) is 19.6 Å². The molecule has 1 heterocycles. The molecule has 0 radical (unpaired) electrons. The molecule has 1 aliphatic heterocycles. The van der Waals surface area contributed by atoms with Gasteiger partial charge in [-0.3, -0.25) is 4.79 Å². The summed E-state index contributed by atoms with van der Waals surface area (Å²) >= 11 is 0. The van der Waals surface area contributed by atoms with Crippen LogP contribution in [0.1, 0.15) is 31.7 Å². The highest BCUT2D eigenvalue weighted by Gasteiger charge is 2.32. The van der Waals surface area contributed by atoms with Crippen molar-refractivity contribution in [3.8, 4) is 0 Å². The Morgan fingerprint density at radius 1 is 1.40 bits per heavy atom. The van der Waals surface area contributed by atoms with Gasteiger partial charge in [-0.15, -0.1) is 0 Å². The minimum Gasteiger partial charge on any atom is -0.363 e. The molecule has 1 aromatic carbocycles. The predicted molar refractivity (Wildman–Crippen MR) is 79.7 cm³/mol. The molecule has 1 aliphatic rings. The molecule has 0 aromatic heterocycles. The second-order valence-electron chi connectivity index (χ2n) is 5.79. The van der Waals surface area contributed by atoms with Crippen molar-refractivity contribution in [2.45, 2.75) is 31.8 Å². The summed E-state index contributed by atoms with van der Waals surface area (Å²) in [6.45, 7) is 6.69. The lowest BCUT2D eigenvalue weighted by Crippen LogP contribution is -2.59. The third-order valence-electron chi connectivity index (χ3n) is 3.82. The third kappa shape index (κ3) is 4.32. The number of hydrogen-bond acceptors (Lipinski definition) is 3. The van der Waals surface area contributed by atoms with E-state index in [1.807, 2.05) is 25.1 Å². The maximum atomic E-state index is 11.7. The lowest BCUT2D eigenvalue weighted by molar-refractivity contribution is -0.135. The Morgan fingerprint density at radius 3 is 2.70 bits per heavy atom. The predicted octanol–water partition coefficient (Wildman–Crippen LogP) is 1.67. The van der Waals surface area contributed by atoms with E-state index in [9.17, 15) is 4.79 Å². The van der Waals surface area contributed by atoms with E-state index in [0.717, 1.165) is 19.5 Å². The van der Waals surface area contributed by atoms with Gasteiger partial charge in [0.25, 0.3) is 0 Å². The van der Waals surface area contributed by atoms with Crippen LogP contribution in [0, 0.1) is 0 Å². The maximum absolute atomic E-state index is 11.7. The molecule has 20 heavy (non-hydrogen) atoms. The van der Waals surface area contributed by atoms with Crippen molar-refractivity contribution < 1.29 is 9.53 Å². The summed E-state index contributed by atoms with van der Waals surface area (Å²) in [6.07, 6.45) is 0.939. The fourth-order valence-electron chi connectivity index (χ4n) is 2.25. The van der Waals surface area contributed by atoms with Gasteiger partial charge >= 0.3 is 0 Å². The number of amides is 1. The Kier molecular flexibility index (Phi) is 5.15. The van der Waals surface area contributed by atoms with Gasteiger partial charge in [-0.25, -0.2) is 0 Å². The van der Waals surface area contributed by atoms with Crippen LogP contribution in [0.2, 0.25) is 0 Å². The first-order valence-electron chi connectivity index (χ1n) is 7.25. The van der Waals surface area contributed by atoms with Crippen LogP contribution in [0.4, 0.5) is 0 Å². The molecular weight excluding hydrogens is 252 g/mol. The number of carbonyl (C=O) groups is 1. The van der Waals surface area contributed by atoms with Crippen LogP contribution >= 0.6 is 0 Å². The Labute approximate surface area is 120 Å². The maximum Gasteiger partial charge on any atom is 0.246 e. The van der Waals surface area contributed by atoms with Crippen molar-refractivity contribution in [3.63, 3.8) is 0 Å². The highest BCUT2D eigenvalue weighted by molar-refractivity contribution is 5.77. The second-order valence-corrected chi connectivity index (χ2v) is 5.79. The normalized spacial score (nSPS) is 18.1. The number of ether oxygens (including phenoxy) is 1. The number of rotatable bonds is 7. The molecule has 4 nitrogen and oxygen atoms in total. The van der Waals surface area contributed by atoms with E-state index >= 15 is 0 Å². The average Bonchev–Trinajstić information content (AvgIpc) is 2.44. The zero-order valence-electron chi connectivity index (χ0n) is 12.3. The van der Waals surface area contributed by atoms with Gasteiger partial charge in [-0.1, -0.05) is 37.3 Å². The molecular formula is C16H24N2O2. The van der Waals surface area contributed by atoms with Crippen LogP contribution in [0.3, 0.4) is 0 Å². The molecule has 110 valence electrons. The van der Waals surface area contributed by atoms with Crippen molar-refractivity contribution in [1.29, 1.82) is 0 Å². The molecule has 2 N–H and O–H groups in total. The molecule has 1 aromatic rings. The standard InChI is InChI=1S/C16H24N2O2/c1-13(14-6-4-3-5-7-14)8-9-18-15(19)10-20-16(2)11-17-12-16/h3-7,13,17H,8-12H2,1-2H3,(H,18,19). The van der Waals surface area contributed by atoms with Crippen LogP contribution in [0.15, 0.2) is 30.3 Å². The zero-order chi connectivity index (χ0) is 14.4. The van der Waals surface area contributed by atoms with Crippen molar-refractivity contribution in [2.24, 2.45) is 0 Å². The van der Waals surface area contributed by atoms with Gasteiger partial charge in [-0.2, -0.15) is 0 Å². The van der Waals surface area contributed by atoms with Crippen molar-refractivity contribution >= 4 is 5.91 Å². The van der Waals surface area contributed by atoms with Crippen LogP contribution in [-0.4, -0.2) is 37.7 Å². The van der Waals surface area contributed by atoms with Crippen LogP contribution < -0.4 is 10.6 Å². The summed E-state index contributed by atoms with van der Waals surface area (Å²) in [4.78, 5) is 11.7. The molecule has 1 fully saturated rings. The molecule has 1 saturated heterocycles. The summed E-state index contributed by atoms with van der Waals surface area (Å²) in [5.41, 5.74) is 1.15. The molecule has 0 aliphatic carbocycles. The van der Waals surface area contributed by atoms with Crippen molar-refractivity contribution in [1.82, 2.24) is 10.6 Å². The lowest BCUT2D eigenvalue weighted by Gasteiger charge is -2.38. The van der Waals surface area contributed by atoms with Gasteiger partial charge in [0.05, 0.1) is 5.60 Å².